The van der Waals surface area contributed by atoms with Crippen LogP contribution in [0.25, 0.3) is 0 Å². The number of nitrogens with one attached hydrogen (secondary N) is 1. The number of aliphatic imine (C=N–C) groups is 1. The van der Waals surface area contributed by atoms with Gasteiger partial charge in [-0.05, 0) is 43.9 Å². The molecule has 1 N–H and O–H groups in total. The lowest BCUT2D eigenvalue weighted by Gasteiger charge is -2.34. The molecule has 1 saturated heterocycles. The van der Waals surface area contributed by atoms with Gasteiger partial charge in [0.15, 0.2) is 12.6 Å². The molecule has 2 rings (SSSR count). The van der Waals surface area contributed by atoms with Crippen LogP contribution in [0.3, 0.4) is 0 Å². The predicted octanol–water partition coefficient (Wildman–Crippen LogP) is 3.61. The molecule has 0 aliphatic carbocycles. The number of halogens is 3. The number of hydrogen-bond acceptors (Lipinski definition) is 4. The highest BCUT2D eigenvalue weighted by Crippen LogP contribution is 2.19. The maximum Gasteiger partial charge on any atom is 0.422 e. The maximum atomic E-state index is 12.2. The average Bonchev–Trinajstić information content (AvgIpc) is 2.73. The van der Waals surface area contributed by atoms with Crippen LogP contribution >= 0.6 is 0 Å². The molecule has 6 nitrogen and oxygen atoms in total. The number of ether oxygens (including phenoxy) is 3. The predicted molar refractivity (Wildman–Crippen MR) is 110 cm³/mol. The Hall–Kier alpha value is -2.00. The Morgan fingerprint density at radius 1 is 1.17 bits per heavy atom. The van der Waals surface area contributed by atoms with Crippen molar-refractivity contribution in [3.8, 4) is 5.75 Å². The second kappa shape index (κ2) is 12.6. The molecule has 1 heterocycles. The third-order valence-corrected chi connectivity index (χ3v) is 4.66. The number of benzene rings is 1. The van der Waals surface area contributed by atoms with Crippen molar-refractivity contribution in [3.05, 3.63) is 29.8 Å². The topological polar surface area (TPSA) is 55.3 Å². The number of hydrogen-bond donors (Lipinski definition) is 1. The Labute approximate surface area is 176 Å². The van der Waals surface area contributed by atoms with Crippen molar-refractivity contribution in [2.45, 2.75) is 45.0 Å². The molecule has 1 aromatic rings. The van der Waals surface area contributed by atoms with Crippen LogP contribution in [-0.2, 0) is 16.0 Å². The Bertz CT molecular complexity index is 631. The molecule has 30 heavy (non-hydrogen) atoms. The first-order chi connectivity index (χ1) is 14.4. The van der Waals surface area contributed by atoms with Crippen LogP contribution in [0.15, 0.2) is 29.3 Å². The summed E-state index contributed by atoms with van der Waals surface area (Å²) in [4.78, 5) is 6.91. The summed E-state index contributed by atoms with van der Waals surface area (Å²) in [5.41, 5.74) is 0.904. The van der Waals surface area contributed by atoms with Gasteiger partial charge in [-0.25, -0.2) is 4.99 Å². The molecule has 0 aromatic heterocycles. The fraction of sp³-hybridized carbons (Fsp3) is 0.667. The van der Waals surface area contributed by atoms with Crippen LogP contribution < -0.4 is 10.1 Å². The maximum absolute atomic E-state index is 12.2. The van der Waals surface area contributed by atoms with Gasteiger partial charge in [0.2, 0.25) is 0 Å². The molecule has 1 aromatic carbocycles. The molecule has 0 amide bonds. The molecule has 0 bridgehead atoms. The summed E-state index contributed by atoms with van der Waals surface area (Å²) in [6.07, 6.45) is -1.27. The summed E-state index contributed by atoms with van der Waals surface area (Å²) in [6, 6.07) is 6.55. The van der Waals surface area contributed by atoms with Crippen LogP contribution in [-0.4, -0.2) is 69.7 Å². The smallest absolute Gasteiger partial charge is 0.422 e. The van der Waals surface area contributed by atoms with E-state index >= 15 is 0 Å². The minimum Gasteiger partial charge on any atom is -0.484 e. The zero-order chi connectivity index (χ0) is 21.8. The highest BCUT2D eigenvalue weighted by Gasteiger charge is 2.28. The number of methoxy groups -OCH3 is 1. The molecular weight excluding hydrogens is 399 g/mol. The molecule has 0 saturated carbocycles. The van der Waals surface area contributed by atoms with E-state index in [2.05, 4.69) is 15.2 Å². The molecule has 0 radical (unpaired) electrons. The van der Waals surface area contributed by atoms with Crippen molar-refractivity contribution >= 4 is 5.96 Å². The third-order valence-electron chi connectivity index (χ3n) is 4.66. The number of guanidine groups is 1. The van der Waals surface area contributed by atoms with Gasteiger partial charge in [0.25, 0.3) is 0 Å². The first-order valence-electron chi connectivity index (χ1n) is 10.3. The van der Waals surface area contributed by atoms with Gasteiger partial charge in [0.05, 0.1) is 12.6 Å². The molecule has 1 aliphatic rings. The van der Waals surface area contributed by atoms with E-state index in [9.17, 15) is 13.2 Å². The van der Waals surface area contributed by atoms with E-state index in [4.69, 9.17) is 14.2 Å². The standard InChI is InChI=1S/C21H32F3N3O3/c1-3-25-20(27-11-9-19(10-12-27)29-14-4-13-28-2)26-15-17-5-7-18(8-6-17)30-16-21(22,23)24/h5-8,19H,3-4,9-16H2,1-2H3,(H,25,26). The Morgan fingerprint density at radius 3 is 2.47 bits per heavy atom. The van der Waals surface area contributed by atoms with E-state index < -0.39 is 12.8 Å². The van der Waals surface area contributed by atoms with Crippen LogP contribution in [0.1, 0.15) is 31.7 Å². The molecule has 0 atom stereocenters. The number of likely N-dealkylation sites (tertiary alicyclic amines) is 1. The normalized spacial score (nSPS) is 16.0. The molecular formula is C21H32F3N3O3. The molecule has 0 spiro atoms. The van der Waals surface area contributed by atoms with Gasteiger partial charge in [0, 0.05) is 40.0 Å². The van der Waals surface area contributed by atoms with Gasteiger partial charge < -0.3 is 24.4 Å². The summed E-state index contributed by atoms with van der Waals surface area (Å²) in [5.74, 6) is 1.03. The van der Waals surface area contributed by atoms with Crippen molar-refractivity contribution in [3.63, 3.8) is 0 Å². The number of rotatable bonds is 10. The lowest BCUT2D eigenvalue weighted by molar-refractivity contribution is -0.153. The number of alkyl halides is 3. The molecule has 9 heteroatoms. The van der Waals surface area contributed by atoms with Crippen molar-refractivity contribution < 1.29 is 27.4 Å². The van der Waals surface area contributed by atoms with Gasteiger partial charge in [0.1, 0.15) is 5.75 Å². The van der Waals surface area contributed by atoms with Gasteiger partial charge in [-0.2, -0.15) is 13.2 Å². The van der Waals surface area contributed by atoms with Gasteiger partial charge in [-0.15, -0.1) is 0 Å². The first-order valence-corrected chi connectivity index (χ1v) is 10.3. The summed E-state index contributed by atoms with van der Waals surface area (Å²) < 4.78 is 52.4. The third kappa shape index (κ3) is 9.21. The number of piperidine rings is 1. The first kappa shape index (κ1) is 24.3. The van der Waals surface area contributed by atoms with Gasteiger partial charge in [-0.1, -0.05) is 12.1 Å². The second-order valence-electron chi connectivity index (χ2n) is 7.12. The summed E-state index contributed by atoms with van der Waals surface area (Å²) in [7, 11) is 1.69. The van der Waals surface area contributed by atoms with E-state index in [1.165, 1.54) is 12.1 Å². The Balaban J connectivity index is 1.83. The van der Waals surface area contributed by atoms with E-state index in [1.807, 2.05) is 6.92 Å². The second-order valence-corrected chi connectivity index (χ2v) is 7.12. The van der Waals surface area contributed by atoms with E-state index in [0.717, 1.165) is 57.0 Å². The van der Waals surface area contributed by atoms with Crippen molar-refractivity contribution in [2.24, 2.45) is 4.99 Å². The summed E-state index contributed by atoms with van der Waals surface area (Å²) in [5, 5.41) is 3.31. The largest absolute Gasteiger partial charge is 0.484 e. The SMILES string of the molecule is CCNC(=NCc1ccc(OCC(F)(F)F)cc1)N1CCC(OCCCOC)CC1. The molecule has 170 valence electrons. The van der Waals surface area contributed by atoms with Crippen LogP contribution in [0, 0.1) is 0 Å². The van der Waals surface area contributed by atoms with E-state index in [1.54, 1.807) is 19.2 Å². The highest BCUT2D eigenvalue weighted by molar-refractivity contribution is 5.80. The zero-order valence-electron chi connectivity index (χ0n) is 17.7. The van der Waals surface area contributed by atoms with Crippen LogP contribution in [0.5, 0.6) is 5.75 Å². The lowest BCUT2D eigenvalue weighted by Crippen LogP contribution is -2.47. The van der Waals surface area contributed by atoms with Crippen molar-refractivity contribution in [1.82, 2.24) is 10.2 Å². The van der Waals surface area contributed by atoms with Crippen LogP contribution in [0.2, 0.25) is 0 Å². The van der Waals surface area contributed by atoms with Crippen molar-refractivity contribution in [1.29, 1.82) is 0 Å². The Morgan fingerprint density at radius 2 is 1.87 bits per heavy atom. The fourth-order valence-corrected chi connectivity index (χ4v) is 3.14. The summed E-state index contributed by atoms with van der Waals surface area (Å²) >= 11 is 0. The lowest BCUT2D eigenvalue weighted by atomic mass is 10.1. The quantitative estimate of drug-likeness (QED) is 0.349. The minimum absolute atomic E-state index is 0.194. The zero-order valence-corrected chi connectivity index (χ0v) is 17.7. The van der Waals surface area contributed by atoms with E-state index in [-0.39, 0.29) is 11.9 Å². The molecule has 0 unspecified atom stereocenters. The average molecular weight is 431 g/mol. The van der Waals surface area contributed by atoms with Gasteiger partial charge in [-0.3, -0.25) is 0 Å². The summed E-state index contributed by atoms with van der Waals surface area (Å²) in [6.45, 7) is 5.09. The molecule has 1 aliphatic heterocycles. The molecule has 1 fully saturated rings. The highest BCUT2D eigenvalue weighted by atomic mass is 19.4. The number of nitrogens with zero attached hydrogens (tertiary/aromatic N) is 2. The van der Waals surface area contributed by atoms with Gasteiger partial charge >= 0.3 is 6.18 Å². The van der Waals surface area contributed by atoms with Crippen molar-refractivity contribution in [2.75, 3.05) is 46.6 Å². The van der Waals surface area contributed by atoms with E-state index in [0.29, 0.717) is 13.2 Å². The Kier molecular flexibility index (Phi) is 10.2. The van der Waals surface area contributed by atoms with Crippen LogP contribution in [0.4, 0.5) is 13.2 Å². The monoisotopic (exact) mass is 431 g/mol. The minimum atomic E-state index is -4.34. The fourth-order valence-electron chi connectivity index (χ4n) is 3.14.